The number of rotatable bonds is 5. The van der Waals surface area contributed by atoms with E-state index in [0.717, 1.165) is 31.2 Å². The maximum absolute atomic E-state index is 6.39. The van der Waals surface area contributed by atoms with E-state index in [1.165, 1.54) is 0 Å². The van der Waals surface area contributed by atoms with Crippen molar-refractivity contribution in [3.8, 4) is 17.1 Å². The Kier molecular flexibility index (Phi) is 5.77. The zero-order valence-electron chi connectivity index (χ0n) is 14.3. The van der Waals surface area contributed by atoms with Crippen molar-refractivity contribution in [2.75, 3.05) is 19.0 Å². The second-order valence-corrected chi connectivity index (χ2v) is 8.74. The summed E-state index contributed by atoms with van der Waals surface area (Å²) in [5.41, 5.74) is 6.86. The number of hydrogen-bond acceptors (Lipinski definition) is 6. The number of ether oxygens (including phenoxy) is 1. The van der Waals surface area contributed by atoms with Crippen molar-refractivity contribution in [2.24, 2.45) is 5.73 Å². The highest BCUT2D eigenvalue weighted by molar-refractivity contribution is 6.66. The van der Waals surface area contributed by atoms with E-state index in [1.807, 2.05) is 24.3 Å². The first-order chi connectivity index (χ1) is 12.3. The van der Waals surface area contributed by atoms with Gasteiger partial charge in [-0.25, -0.2) is 4.98 Å². The second-order valence-electron chi connectivity index (χ2n) is 6.46. The molecule has 0 spiro atoms. The first-order valence-corrected chi connectivity index (χ1v) is 9.43. The van der Waals surface area contributed by atoms with Gasteiger partial charge in [-0.05, 0) is 25.0 Å². The molecular weight excluding hydrogens is 397 g/mol. The van der Waals surface area contributed by atoms with E-state index < -0.39 is 3.79 Å². The van der Waals surface area contributed by atoms with Crippen molar-refractivity contribution in [3.63, 3.8) is 0 Å². The molecule has 0 amide bonds. The first-order valence-electron chi connectivity index (χ1n) is 8.30. The van der Waals surface area contributed by atoms with Gasteiger partial charge < -0.3 is 15.8 Å². The predicted octanol–water partition coefficient (Wildman–Crippen LogP) is 4.06. The molecule has 0 aliphatic heterocycles. The van der Waals surface area contributed by atoms with E-state index >= 15 is 0 Å². The van der Waals surface area contributed by atoms with E-state index in [0.29, 0.717) is 24.1 Å². The average molecular weight is 417 g/mol. The number of alkyl halides is 3. The molecule has 1 saturated carbocycles. The third-order valence-corrected chi connectivity index (χ3v) is 4.92. The van der Waals surface area contributed by atoms with Crippen LogP contribution in [0.15, 0.2) is 24.3 Å². The molecule has 0 radical (unpaired) electrons. The van der Waals surface area contributed by atoms with Crippen molar-refractivity contribution in [1.29, 1.82) is 0 Å². The van der Waals surface area contributed by atoms with E-state index in [4.69, 9.17) is 45.3 Å². The van der Waals surface area contributed by atoms with Gasteiger partial charge in [-0.1, -0.05) is 59.8 Å². The number of methoxy groups -OCH3 is 1. The van der Waals surface area contributed by atoms with Crippen LogP contribution < -0.4 is 15.8 Å². The fourth-order valence-corrected chi connectivity index (χ4v) is 3.24. The van der Waals surface area contributed by atoms with E-state index in [9.17, 15) is 0 Å². The molecule has 6 nitrogen and oxygen atoms in total. The summed E-state index contributed by atoms with van der Waals surface area (Å²) in [6.07, 6.45) is 4.18. The lowest BCUT2D eigenvalue weighted by Crippen LogP contribution is -2.43. The van der Waals surface area contributed by atoms with Gasteiger partial charge in [-0.2, -0.15) is 9.97 Å². The molecule has 140 valence electrons. The lowest BCUT2D eigenvalue weighted by atomic mass is 10.00. The van der Waals surface area contributed by atoms with Crippen molar-refractivity contribution in [1.82, 2.24) is 15.0 Å². The predicted molar refractivity (Wildman–Crippen MR) is 105 cm³/mol. The van der Waals surface area contributed by atoms with E-state index in [-0.39, 0.29) is 11.4 Å². The molecule has 1 aliphatic rings. The third-order valence-electron chi connectivity index (χ3n) is 4.41. The summed E-state index contributed by atoms with van der Waals surface area (Å²) in [5.74, 6) is 1.45. The van der Waals surface area contributed by atoms with Gasteiger partial charge in [0.25, 0.3) is 0 Å². The van der Waals surface area contributed by atoms with Gasteiger partial charge in [0.2, 0.25) is 9.74 Å². The van der Waals surface area contributed by atoms with E-state index in [1.54, 1.807) is 7.11 Å². The Morgan fingerprint density at radius 2 is 1.92 bits per heavy atom. The molecule has 2 aromatic rings. The molecule has 0 unspecified atom stereocenters. The summed E-state index contributed by atoms with van der Waals surface area (Å²) in [4.78, 5) is 13.0. The highest BCUT2D eigenvalue weighted by atomic mass is 35.6. The molecule has 3 N–H and O–H groups in total. The number of halogens is 3. The smallest absolute Gasteiger partial charge is 0.250 e. The minimum Gasteiger partial charge on any atom is -0.497 e. The normalized spacial score (nSPS) is 16.5. The largest absolute Gasteiger partial charge is 0.497 e. The van der Waals surface area contributed by atoms with Crippen molar-refractivity contribution in [2.45, 2.75) is 35.0 Å². The van der Waals surface area contributed by atoms with Gasteiger partial charge in [0.15, 0.2) is 11.6 Å². The quantitative estimate of drug-likeness (QED) is 0.715. The highest BCUT2D eigenvalue weighted by Gasteiger charge is 2.31. The molecule has 0 bridgehead atoms. The SMILES string of the molecule is COc1cccc(-c2nc(NCC3(N)CCCC3)nc(C(Cl)(Cl)Cl)n2)c1. The monoisotopic (exact) mass is 415 g/mol. The number of nitrogens with one attached hydrogen (secondary N) is 1. The number of benzene rings is 1. The van der Waals surface area contributed by atoms with Gasteiger partial charge in [-0.3, -0.25) is 0 Å². The van der Waals surface area contributed by atoms with Crippen LogP contribution in [0.2, 0.25) is 0 Å². The first kappa shape index (κ1) is 19.4. The highest BCUT2D eigenvalue weighted by Crippen LogP contribution is 2.37. The molecule has 1 aromatic heterocycles. The molecule has 1 fully saturated rings. The van der Waals surface area contributed by atoms with Crippen LogP contribution in [0.5, 0.6) is 5.75 Å². The zero-order chi connectivity index (χ0) is 18.8. The van der Waals surface area contributed by atoms with Gasteiger partial charge in [0.05, 0.1) is 7.11 Å². The van der Waals surface area contributed by atoms with Crippen LogP contribution >= 0.6 is 34.8 Å². The molecular formula is C17H20Cl3N5O. The van der Waals surface area contributed by atoms with Crippen molar-refractivity contribution >= 4 is 40.8 Å². The Labute approximate surface area is 167 Å². The lowest BCUT2D eigenvalue weighted by Gasteiger charge is -2.24. The second kappa shape index (κ2) is 7.72. The molecule has 1 aromatic carbocycles. The lowest BCUT2D eigenvalue weighted by molar-refractivity contribution is 0.415. The Morgan fingerprint density at radius 1 is 1.19 bits per heavy atom. The molecule has 1 aliphatic carbocycles. The summed E-state index contributed by atoms with van der Waals surface area (Å²) in [7, 11) is 1.59. The Balaban J connectivity index is 1.93. The number of hydrogen-bond donors (Lipinski definition) is 2. The van der Waals surface area contributed by atoms with Gasteiger partial charge in [0, 0.05) is 17.6 Å². The zero-order valence-corrected chi connectivity index (χ0v) is 16.6. The summed E-state index contributed by atoms with van der Waals surface area (Å²) in [6.45, 7) is 0.549. The van der Waals surface area contributed by atoms with Crippen LogP contribution in [0.3, 0.4) is 0 Å². The summed E-state index contributed by atoms with van der Waals surface area (Å²) < 4.78 is 3.49. The number of nitrogens with zero attached hydrogens (tertiary/aromatic N) is 3. The van der Waals surface area contributed by atoms with Crippen molar-refractivity contribution < 1.29 is 4.74 Å². The molecule has 26 heavy (non-hydrogen) atoms. The summed E-state index contributed by atoms with van der Waals surface area (Å²) in [6, 6.07) is 7.33. The molecule has 3 rings (SSSR count). The Hall–Kier alpha value is -1.34. The average Bonchev–Trinajstić information content (AvgIpc) is 3.06. The molecule has 0 atom stereocenters. The number of anilines is 1. The van der Waals surface area contributed by atoms with E-state index in [2.05, 4.69) is 20.3 Å². The van der Waals surface area contributed by atoms with Crippen LogP contribution in [0, 0.1) is 0 Å². The fourth-order valence-electron chi connectivity index (χ4n) is 2.98. The fraction of sp³-hybridized carbons (Fsp3) is 0.471. The van der Waals surface area contributed by atoms with Gasteiger partial charge in [-0.15, -0.1) is 0 Å². The Bertz CT molecular complexity index is 775. The van der Waals surface area contributed by atoms with Gasteiger partial charge in [0.1, 0.15) is 5.75 Å². The Morgan fingerprint density at radius 3 is 2.58 bits per heavy atom. The van der Waals surface area contributed by atoms with Crippen LogP contribution in [-0.4, -0.2) is 34.1 Å². The third kappa shape index (κ3) is 4.68. The van der Waals surface area contributed by atoms with Crippen LogP contribution in [0.25, 0.3) is 11.4 Å². The minimum absolute atomic E-state index is 0.0512. The number of nitrogens with two attached hydrogens (primary N) is 1. The number of aromatic nitrogens is 3. The standard InChI is InChI=1S/C17H20Cl3N5O/c1-26-12-6-4-5-11(9-12)13-23-14(17(18,19)20)25-15(24-13)22-10-16(21)7-2-3-8-16/h4-6,9H,2-3,7-8,10,21H2,1H3,(H,22,23,24,25). The maximum Gasteiger partial charge on any atom is 0.250 e. The molecule has 1 heterocycles. The molecule has 0 saturated heterocycles. The molecule has 9 heteroatoms. The topological polar surface area (TPSA) is 86.0 Å². The minimum atomic E-state index is -1.76. The van der Waals surface area contributed by atoms with Crippen LogP contribution in [0.1, 0.15) is 31.5 Å². The van der Waals surface area contributed by atoms with Crippen LogP contribution in [-0.2, 0) is 3.79 Å². The summed E-state index contributed by atoms with van der Waals surface area (Å²) in [5, 5.41) is 3.18. The maximum atomic E-state index is 6.39. The summed E-state index contributed by atoms with van der Waals surface area (Å²) >= 11 is 18.0. The van der Waals surface area contributed by atoms with Crippen LogP contribution in [0.4, 0.5) is 5.95 Å². The van der Waals surface area contributed by atoms with Gasteiger partial charge >= 0.3 is 0 Å². The van der Waals surface area contributed by atoms with Crippen molar-refractivity contribution in [3.05, 3.63) is 30.1 Å².